The van der Waals surface area contributed by atoms with E-state index in [-0.39, 0.29) is 23.2 Å². The highest BCUT2D eigenvalue weighted by atomic mass is 16.4. The van der Waals surface area contributed by atoms with Gasteiger partial charge in [0.05, 0.1) is 5.69 Å². The van der Waals surface area contributed by atoms with E-state index in [9.17, 15) is 19.5 Å². The number of H-pyrrole nitrogens is 1. The van der Waals surface area contributed by atoms with E-state index in [1.165, 1.54) is 15.6 Å². The second-order valence-electron chi connectivity index (χ2n) is 7.59. The third-order valence-electron chi connectivity index (χ3n) is 5.85. The summed E-state index contributed by atoms with van der Waals surface area (Å²) in [4.78, 5) is 38.8. The highest BCUT2D eigenvalue weighted by Crippen LogP contribution is 2.40. The molecule has 2 heterocycles. The lowest BCUT2D eigenvalue weighted by atomic mass is 9.84. The molecule has 2 N–H and O–H groups in total. The van der Waals surface area contributed by atoms with Crippen molar-refractivity contribution in [3.8, 4) is 5.69 Å². The zero-order valence-electron chi connectivity index (χ0n) is 15.2. The van der Waals surface area contributed by atoms with Crippen LogP contribution in [0, 0.1) is 12.8 Å². The van der Waals surface area contributed by atoms with Crippen LogP contribution in [-0.4, -0.2) is 43.7 Å². The molecule has 2 fully saturated rings. The van der Waals surface area contributed by atoms with Crippen molar-refractivity contribution in [1.29, 1.82) is 0 Å². The maximum atomic E-state index is 13.1. The van der Waals surface area contributed by atoms with Gasteiger partial charge in [-0.05, 0) is 44.2 Å². The average Bonchev–Trinajstić information content (AvgIpc) is 3.23. The minimum atomic E-state index is -0.974. The fourth-order valence-electron chi connectivity index (χ4n) is 4.50. The Balaban J connectivity index is 1.67. The van der Waals surface area contributed by atoms with Gasteiger partial charge in [0.15, 0.2) is 0 Å². The molecule has 142 valence electrons. The maximum Gasteiger partial charge on any atom is 0.326 e. The second-order valence-corrected chi connectivity index (χ2v) is 7.59. The van der Waals surface area contributed by atoms with E-state index in [1.54, 1.807) is 12.1 Å². The number of amides is 1. The SMILES string of the molecule is Cc1ccc(-n2[nH]c(C(=O)N3C(C(=O)O)CC4CCCCC43)cc2=O)cc1. The summed E-state index contributed by atoms with van der Waals surface area (Å²) >= 11 is 0. The summed E-state index contributed by atoms with van der Waals surface area (Å²) in [7, 11) is 0. The molecule has 4 rings (SSSR count). The number of aromatic amines is 1. The number of rotatable bonds is 3. The number of fused-ring (bicyclic) bond motifs is 1. The number of aryl methyl sites for hydroxylation is 1. The molecule has 2 aromatic rings. The van der Waals surface area contributed by atoms with Crippen LogP contribution in [0.15, 0.2) is 35.1 Å². The van der Waals surface area contributed by atoms with Gasteiger partial charge in [-0.1, -0.05) is 30.5 Å². The predicted molar refractivity (Wildman–Crippen MR) is 99.1 cm³/mol. The number of aromatic nitrogens is 2. The van der Waals surface area contributed by atoms with E-state index in [4.69, 9.17) is 0 Å². The van der Waals surface area contributed by atoms with E-state index in [0.29, 0.717) is 12.1 Å². The van der Waals surface area contributed by atoms with Gasteiger partial charge in [0.25, 0.3) is 11.5 Å². The molecule has 1 aromatic heterocycles. The van der Waals surface area contributed by atoms with Gasteiger partial charge in [-0.2, -0.15) is 0 Å². The van der Waals surface area contributed by atoms with Crippen molar-refractivity contribution >= 4 is 11.9 Å². The Morgan fingerprint density at radius 3 is 2.56 bits per heavy atom. The molecule has 2 aliphatic rings. The molecule has 1 amide bonds. The average molecular weight is 369 g/mol. The lowest BCUT2D eigenvalue weighted by Crippen LogP contribution is -2.46. The number of carbonyl (C=O) groups is 2. The van der Waals surface area contributed by atoms with Crippen molar-refractivity contribution in [3.05, 3.63) is 51.9 Å². The molecule has 0 bridgehead atoms. The molecule has 1 saturated carbocycles. The fraction of sp³-hybridized carbons (Fsp3) is 0.450. The maximum absolute atomic E-state index is 13.1. The first-order chi connectivity index (χ1) is 13.0. The topological polar surface area (TPSA) is 95.4 Å². The summed E-state index contributed by atoms with van der Waals surface area (Å²) < 4.78 is 1.32. The summed E-state index contributed by atoms with van der Waals surface area (Å²) in [5.41, 5.74) is 1.50. The molecule has 1 saturated heterocycles. The first-order valence-electron chi connectivity index (χ1n) is 9.40. The number of hydrogen-bond donors (Lipinski definition) is 2. The molecule has 3 unspecified atom stereocenters. The Kier molecular flexibility index (Phi) is 4.37. The molecule has 0 radical (unpaired) electrons. The third kappa shape index (κ3) is 3.07. The highest BCUT2D eigenvalue weighted by Gasteiger charge is 2.48. The number of nitrogens with zero attached hydrogens (tertiary/aromatic N) is 2. The van der Waals surface area contributed by atoms with Gasteiger partial charge in [0, 0.05) is 12.1 Å². The van der Waals surface area contributed by atoms with Crippen molar-refractivity contribution in [3.63, 3.8) is 0 Å². The zero-order valence-corrected chi connectivity index (χ0v) is 15.2. The number of hydrogen-bond acceptors (Lipinski definition) is 3. The molecular formula is C20H23N3O4. The number of aliphatic carboxylic acids is 1. The zero-order chi connectivity index (χ0) is 19.1. The van der Waals surface area contributed by atoms with Crippen LogP contribution in [-0.2, 0) is 4.79 Å². The lowest BCUT2D eigenvalue weighted by Gasteiger charge is -2.32. The molecule has 1 aliphatic carbocycles. The number of benzene rings is 1. The van der Waals surface area contributed by atoms with Gasteiger partial charge in [-0.3, -0.25) is 14.7 Å². The van der Waals surface area contributed by atoms with Crippen molar-refractivity contribution < 1.29 is 14.7 Å². The molecular weight excluding hydrogens is 346 g/mol. The van der Waals surface area contributed by atoms with Crippen LogP contribution in [0.4, 0.5) is 0 Å². The summed E-state index contributed by atoms with van der Waals surface area (Å²) in [5, 5.41) is 12.5. The minimum absolute atomic E-state index is 0.0569. The summed E-state index contributed by atoms with van der Waals surface area (Å²) in [6.07, 6.45) is 4.35. The van der Waals surface area contributed by atoms with E-state index in [2.05, 4.69) is 5.10 Å². The molecule has 27 heavy (non-hydrogen) atoms. The molecule has 7 heteroatoms. The van der Waals surface area contributed by atoms with Gasteiger partial charge in [0.2, 0.25) is 0 Å². The monoisotopic (exact) mass is 369 g/mol. The number of carboxylic acids is 1. The van der Waals surface area contributed by atoms with E-state index in [0.717, 1.165) is 31.2 Å². The molecule has 1 aromatic carbocycles. The second kappa shape index (κ2) is 6.72. The van der Waals surface area contributed by atoms with Gasteiger partial charge < -0.3 is 10.0 Å². The van der Waals surface area contributed by atoms with Crippen molar-refractivity contribution in [1.82, 2.24) is 14.7 Å². The summed E-state index contributed by atoms with van der Waals surface area (Å²) in [5.74, 6) is -1.15. The van der Waals surface area contributed by atoms with Gasteiger partial charge in [-0.15, -0.1) is 0 Å². The van der Waals surface area contributed by atoms with Crippen LogP contribution in [0.2, 0.25) is 0 Å². The van der Waals surface area contributed by atoms with E-state index in [1.807, 2.05) is 19.1 Å². The van der Waals surface area contributed by atoms with Crippen molar-refractivity contribution in [2.45, 2.75) is 51.1 Å². The van der Waals surface area contributed by atoms with Crippen LogP contribution in [0.1, 0.15) is 48.2 Å². The Morgan fingerprint density at radius 1 is 1.15 bits per heavy atom. The highest BCUT2D eigenvalue weighted by molar-refractivity contribution is 5.95. The van der Waals surface area contributed by atoms with Crippen molar-refractivity contribution in [2.24, 2.45) is 5.92 Å². The Bertz CT molecular complexity index is 927. The predicted octanol–water partition coefficient (Wildman–Crippen LogP) is 2.33. The van der Waals surface area contributed by atoms with Gasteiger partial charge in [0.1, 0.15) is 11.7 Å². The van der Waals surface area contributed by atoms with Crippen LogP contribution in [0.3, 0.4) is 0 Å². The van der Waals surface area contributed by atoms with Crippen LogP contribution >= 0.6 is 0 Å². The van der Waals surface area contributed by atoms with Gasteiger partial charge >= 0.3 is 5.97 Å². The smallest absolute Gasteiger partial charge is 0.326 e. The Hall–Kier alpha value is -2.83. The standard InChI is InChI=1S/C20H23N3O4/c1-12-6-8-14(9-7-12)23-18(24)11-15(21-23)19(25)22-16-5-3-2-4-13(16)10-17(22)20(26)27/h6-9,11,13,16-17,21H,2-5,10H2,1H3,(H,26,27). The van der Waals surface area contributed by atoms with E-state index < -0.39 is 17.9 Å². The van der Waals surface area contributed by atoms with Crippen molar-refractivity contribution in [2.75, 3.05) is 0 Å². The fourth-order valence-corrected chi connectivity index (χ4v) is 4.50. The lowest BCUT2D eigenvalue weighted by molar-refractivity contribution is -0.141. The normalized spacial score (nSPS) is 24.6. The molecule has 0 spiro atoms. The molecule has 3 atom stereocenters. The third-order valence-corrected chi connectivity index (χ3v) is 5.85. The van der Waals surface area contributed by atoms with Gasteiger partial charge in [-0.25, -0.2) is 9.48 Å². The Labute approximate surface area is 156 Å². The number of nitrogens with one attached hydrogen (secondary N) is 1. The van der Waals surface area contributed by atoms with Crippen LogP contribution < -0.4 is 5.56 Å². The first kappa shape index (κ1) is 17.6. The molecule has 1 aliphatic heterocycles. The van der Waals surface area contributed by atoms with E-state index >= 15 is 0 Å². The first-order valence-corrected chi connectivity index (χ1v) is 9.40. The summed E-state index contributed by atoms with van der Waals surface area (Å²) in [6.45, 7) is 1.95. The van der Waals surface area contributed by atoms with Crippen LogP contribution in [0.25, 0.3) is 5.69 Å². The Morgan fingerprint density at radius 2 is 1.85 bits per heavy atom. The number of likely N-dealkylation sites (tertiary alicyclic amines) is 1. The summed E-state index contributed by atoms with van der Waals surface area (Å²) in [6, 6.07) is 7.76. The number of carbonyl (C=O) groups excluding carboxylic acids is 1. The molecule has 7 nitrogen and oxygen atoms in total. The number of carboxylic acid groups (broad SMARTS) is 1. The quantitative estimate of drug-likeness (QED) is 0.868. The minimum Gasteiger partial charge on any atom is -0.480 e. The largest absolute Gasteiger partial charge is 0.480 e. The van der Waals surface area contributed by atoms with Crippen LogP contribution in [0.5, 0.6) is 0 Å².